The van der Waals surface area contributed by atoms with E-state index in [-0.39, 0.29) is 49.6 Å². The molecule has 4 saturated heterocycles. The average molecular weight is 876 g/mol. The smallest absolute Gasteiger partial charge is 0.416 e. The number of cyclic esters (lactones) is 1. The molecular formula is C42H50F5N7O8. The number of amides is 7. The number of carbonyl (C=O) groups is 7. The summed E-state index contributed by atoms with van der Waals surface area (Å²) >= 11 is 0. The van der Waals surface area contributed by atoms with Gasteiger partial charge in [0, 0.05) is 37.8 Å². The molecule has 4 N–H and O–H groups in total. The zero-order valence-electron chi connectivity index (χ0n) is 34.7. The summed E-state index contributed by atoms with van der Waals surface area (Å²) in [5, 5.41) is 9.98. The van der Waals surface area contributed by atoms with Crippen LogP contribution in [0.1, 0.15) is 77.3 Å². The Morgan fingerprint density at radius 1 is 0.839 bits per heavy atom. The van der Waals surface area contributed by atoms with Crippen LogP contribution < -0.4 is 21.3 Å². The van der Waals surface area contributed by atoms with Gasteiger partial charge < -0.3 is 40.7 Å². The maximum absolute atomic E-state index is 14.9. The van der Waals surface area contributed by atoms with Gasteiger partial charge in [0.25, 0.3) is 0 Å². The second-order valence-corrected chi connectivity index (χ2v) is 17.0. The molecule has 4 fully saturated rings. The Morgan fingerprint density at radius 2 is 1.47 bits per heavy atom. The molecule has 7 unspecified atom stereocenters. The lowest BCUT2D eigenvalue weighted by molar-refractivity contribution is -0.172. The van der Waals surface area contributed by atoms with E-state index in [2.05, 4.69) is 21.3 Å². The molecule has 4 aliphatic heterocycles. The SMILES string of the molecule is CC1CC2C(=O)OC(C)(C)C(NC(=O)C(Cc3cc(F)cc(F)c3)NC(=O)Nc3ccc(C(F)(F)F)cc3)C(=O)N3CCCC3C(=O)N3CCCCC3C(=O)NC(C)C(=O)N2C1. The van der Waals surface area contributed by atoms with Crippen LogP contribution in [0.5, 0.6) is 0 Å². The zero-order chi connectivity index (χ0) is 45.3. The Balaban J connectivity index is 1.35. The molecule has 6 rings (SSSR count). The van der Waals surface area contributed by atoms with Crippen LogP contribution in [-0.4, -0.2) is 118 Å². The number of urea groups is 1. The molecule has 0 saturated carbocycles. The minimum absolute atomic E-state index is 0.0373. The molecule has 20 heteroatoms. The third-order valence-electron chi connectivity index (χ3n) is 11.8. The maximum Gasteiger partial charge on any atom is 0.416 e. The normalized spacial score (nSPS) is 26.5. The van der Waals surface area contributed by atoms with Gasteiger partial charge in [-0.2, -0.15) is 13.2 Å². The molecule has 0 radical (unpaired) electrons. The van der Waals surface area contributed by atoms with Crippen LogP contribution in [0.2, 0.25) is 0 Å². The molecule has 7 amide bonds. The van der Waals surface area contributed by atoms with Crippen molar-refractivity contribution in [2.45, 2.75) is 121 Å². The van der Waals surface area contributed by atoms with E-state index < -0.39 is 113 Å². The number of fused-ring (bicyclic) bond motifs is 3. The zero-order valence-corrected chi connectivity index (χ0v) is 34.7. The summed E-state index contributed by atoms with van der Waals surface area (Å²) in [7, 11) is 0. The van der Waals surface area contributed by atoms with Crippen molar-refractivity contribution in [1.82, 2.24) is 30.7 Å². The predicted octanol–water partition coefficient (Wildman–Crippen LogP) is 3.65. The highest BCUT2D eigenvalue weighted by molar-refractivity contribution is 5.99. The summed E-state index contributed by atoms with van der Waals surface area (Å²) in [4.78, 5) is 103. The Morgan fingerprint density at radius 3 is 2.13 bits per heavy atom. The number of halogens is 5. The second kappa shape index (κ2) is 18.3. The fourth-order valence-corrected chi connectivity index (χ4v) is 8.65. The Labute approximate surface area is 354 Å². The fraction of sp³-hybridized carbons (Fsp3) is 0.548. The van der Waals surface area contributed by atoms with Crippen molar-refractivity contribution < 1.29 is 60.3 Å². The van der Waals surface area contributed by atoms with E-state index in [0.717, 1.165) is 36.4 Å². The molecular weight excluding hydrogens is 825 g/mol. The number of nitrogens with one attached hydrogen (secondary N) is 4. The van der Waals surface area contributed by atoms with E-state index in [9.17, 15) is 55.5 Å². The minimum Gasteiger partial charge on any atom is -0.455 e. The largest absolute Gasteiger partial charge is 0.455 e. The number of benzene rings is 2. The van der Waals surface area contributed by atoms with Gasteiger partial charge in [0.15, 0.2) is 0 Å². The number of nitrogens with zero attached hydrogens (tertiary/aromatic N) is 3. The number of rotatable bonds is 6. The number of anilines is 1. The first-order chi connectivity index (χ1) is 29.1. The molecule has 2 aromatic rings. The van der Waals surface area contributed by atoms with E-state index >= 15 is 0 Å². The second-order valence-electron chi connectivity index (χ2n) is 17.0. The van der Waals surface area contributed by atoms with Gasteiger partial charge in [-0.15, -0.1) is 0 Å². The van der Waals surface area contributed by atoms with Gasteiger partial charge in [-0.25, -0.2) is 18.4 Å². The van der Waals surface area contributed by atoms with Crippen molar-refractivity contribution in [2.24, 2.45) is 5.92 Å². The first kappa shape index (κ1) is 45.7. The van der Waals surface area contributed by atoms with Crippen LogP contribution >= 0.6 is 0 Å². The van der Waals surface area contributed by atoms with Crippen molar-refractivity contribution in [2.75, 3.05) is 25.0 Å². The van der Waals surface area contributed by atoms with Gasteiger partial charge >= 0.3 is 18.2 Å². The molecule has 4 heterocycles. The first-order valence-electron chi connectivity index (χ1n) is 20.6. The Kier molecular flexibility index (Phi) is 13.5. The van der Waals surface area contributed by atoms with Gasteiger partial charge in [-0.05, 0) is 107 Å². The van der Waals surface area contributed by atoms with Crippen LogP contribution in [0, 0.1) is 17.6 Å². The molecule has 336 valence electrons. The number of hydrogen-bond acceptors (Lipinski definition) is 8. The fourth-order valence-electron chi connectivity index (χ4n) is 8.65. The molecule has 0 bridgehead atoms. The number of alkyl halides is 3. The van der Waals surface area contributed by atoms with Crippen LogP contribution in [0.3, 0.4) is 0 Å². The summed E-state index contributed by atoms with van der Waals surface area (Å²) in [6.07, 6.45) is -3.00. The highest BCUT2D eigenvalue weighted by Gasteiger charge is 2.50. The molecule has 0 spiro atoms. The Bertz CT molecular complexity index is 2070. The van der Waals surface area contributed by atoms with Crippen LogP contribution in [0.4, 0.5) is 32.4 Å². The number of ether oxygens (including phenoxy) is 1. The van der Waals surface area contributed by atoms with Crippen LogP contribution in [0.25, 0.3) is 0 Å². The van der Waals surface area contributed by atoms with Crippen molar-refractivity contribution in [3.63, 3.8) is 0 Å². The number of piperidine rings is 1. The highest BCUT2D eigenvalue weighted by atomic mass is 19.4. The van der Waals surface area contributed by atoms with E-state index in [4.69, 9.17) is 4.74 Å². The van der Waals surface area contributed by atoms with Crippen LogP contribution in [0.15, 0.2) is 42.5 Å². The van der Waals surface area contributed by atoms with Gasteiger partial charge in [0.2, 0.25) is 29.5 Å². The molecule has 7 atom stereocenters. The predicted molar refractivity (Wildman–Crippen MR) is 211 cm³/mol. The van der Waals surface area contributed by atoms with Crippen molar-refractivity contribution in [3.8, 4) is 0 Å². The lowest BCUT2D eigenvalue weighted by atomic mass is 9.94. The quantitative estimate of drug-likeness (QED) is 0.250. The third-order valence-corrected chi connectivity index (χ3v) is 11.8. The number of hydrogen-bond donors (Lipinski definition) is 4. The third kappa shape index (κ3) is 10.3. The van der Waals surface area contributed by atoms with Crippen LogP contribution in [-0.2, 0) is 46.1 Å². The lowest BCUT2D eigenvalue weighted by Crippen LogP contribution is -2.65. The maximum atomic E-state index is 14.9. The van der Waals surface area contributed by atoms with Gasteiger partial charge in [-0.1, -0.05) is 6.92 Å². The van der Waals surface area contributed by atoms with Gasteiger partial charge in [-0.3, -0.25) is 24.0 Å². The standard InChI is InChI=1S/C42H50F5N7O8/c1-22-16-32-39(60)62-41(3,4)33(38(59)53-15-7-9-31(53)37(58)52-14-6-5-8-30(52)35(56)48-23(2)36(57)54(32)21-22)51-34(55)29(19-24-17-26(43)20-27(44)18-24)50-40(61)49-28-12-10-25(11-13-28)42(45,46)47/h10-13,17-18,20,22-23,29-33H,5-9,14-16,19,21H2,1-4H3,(H,48,56)(H,51,55)(H2,49,50,61). The monoisotopic (exact) mass is 875 g/mol. The molecule has 4 aliphatic rings. The van der Waals surface area contributed by atoms with Gasteiger partial charge in [0.1, 0.15) is 53.5 Å². The average Bonchev–Trinajstić information content (AvgIpc) is 3.85. The summed E-state index contributed by atoms with van der Waals surface area (Å²) in [5.41, 5.74) is -3.13. The number of carbonyl (C=O) groups excluding carboxylic acids is 7. The molecule has 0 aromatic heterocycles. The topological polar surface area (TPSA) is 187 Å². The molecule has 15 nitrogen and oxygen atoms in total. The summed E-state index contributed by atoms with van der Waals surface area (Å²) in [6, 6.07) is -3.09. The van der Waals surface area contributed by atoms with Crippen molar-refractivity contribution >= 4 is 47.2 Å². The van der Waals surface area contributed by atoms with E-state index in [1.807, 2.05) is 6.92 Å². The highest BCUT2D eigenvalue weighted by Crippen LogP contribution is 2.32. The minimum atomic E-state index is -4.66. The Hall–Kier alpha value is -5.82. The summed E-state index contributed by atoms with van der Waals surface area (Å²) < 4.78 is 74.3. The molecule has 2 aromatic carbocycles. The van der Waals surface area contributed by atoms with E-state index in [0.29, 0.717) is 31.7 Å². The molecule has 62 heavy (non-hydrogen) atoms. The van der Waals surface area contributed by atoms with Crippen molar-refractivity contribution in [3.05, 3.63) is 65.2 Å². The molecule has 0 aliphatic carbocycles. The van der Waals surface area contributed by atoms with E-state index in [1.54, 1.807) is 0 Å². The number of esters is 1. The summed E-state index contributed by atoms with van der Waals surface area (Å²) in [5.74, 6) is -6.71. The van der Waals surface area contributed by atoms with Crippen molar-refractivity contribution in [1.29, 1.82) is 0 Å². The summed E-state index contributed by atoms with van der Waals surface area (Å²) in [6.45, 7) is 6.39. The van der Waals surface area contributed by atoms with E-state index in [1.165, 1.54) is 35.5 Å². The first-order valence-corrected chi connectivity index (χ1v) is 20.6. The van der Waals surface area contributed by atoms with Gasteiger partial charge in [0.05, 0.1) is 5.56 Å². The lowest BCUT2D eigenvalue weighted by Gasteiger charge is -2.41.